The molecule has 1 aliphatic rings. The lowest BCUT2D eigenvalue weighted by Crippen LogP contribution is -2.31. The summed E-state index contributed by atoms with van der Waals surface area (Å²) in [7, 11) is 1.96. The molecule has 1 aromatic rings. The molecule has 1 atom stereocenters. The summed E-state index contributed by atoms with van der Waals surface area (Å²) in [6.07, 6.45) is 3.45. The van der Waals surface area contributed by atoms with Gasteiger partial charge in [-0.1, -0.05) is 0 Å². The number of amides is 1. The molecule has 2 N–H and O–H groups in total. The Morgan fingerprint density at radius 2 is 2.05 bits per heavy atom. The highest BCUT2D eigenvalue weighted by Gasteiger charge is 2.32. The van der Waals surface area contributed by atoms with Gasteiger partial charge in [0, 0.05) is 31.3 Å². The van der Waals surface area contributed by atoms with Crippen molar-refractivity contribution in [2.75, 3.05) is 13.1 Å². The molecule has 1 amide bonds. The lowest BCUT2D eigenvalue weighted by atomic mass is 10.0. The summed E-state index contributed by atoms with van der Waals surface area (Å²) in [6, 6.07) is 0.207. The number of carbonyl (C=O) groups is 1. The van der Waals surface area contributed by atoms with E-state index in [1.54, 1.807) is 0 Å². The molecule has 21 heavy (non-hydrogen) atoms. The largest absolute Gasteiger partial charge is 0.336 e. The van der Waals surface area contributed by atoms with Crippen LogP contribution in [0.15, 0.2) is 0 Å². The number of nitrogens with zero attached hydrogens (tertiary/aromatic N) is 3. The summed E-state index contributed by atoms with van der Waals surface area (Å²) in [5.74, 6) is 0.232. The molecule has 5 nitrogen and oxygen atoms in total. The van der Waals surface area contributed by atoms with Gasteiger partial charge < -0.3 is 10.6 Å². The van der Waals surface area contributed by atoms with Crippen molar-refractivity contribution in [3.05, 3.63) is 17.0 Å². The number of carbonyl (C=O) groups excluding carboxylic acids is 1. The van der Waals surface area contributed by atoms with Gasteiger partial charge in [-0.2, -0.15) is 5.10 Å². The van der Waals surface area contributed by atoms with Gasteiger partial charge in [0.05, 0.1) is 11.7 Å². The zero-order chi connectivity index (χ0) is 14.0. The van der Waals surface area contributed by atoms with E-state index in [0.717, 1.165) is 31.5 Å². The SMILES string of the molecule is Cc1nn(C)c(C)c1C1CCCN1C(=O)CCCN.Cl.Cl. The lowest BCUT2D eigenvalue weighted by Gasteiger charge is -2.25. The molecule has 0 spiro atoms. The van der Waals surface area contributed by atoms with E-state index in [1.807, 2.05) is 23.6 Å². The second kappa shape index (κ2) is 8.61. The molecule has 7 heteroatoms. The minimum atomic E-state index is 0. The van der Waals surface area contributed by atoms with E-state index in [1.165, 1.54) is 11.3 Å². The predicted molar refractivity (Wildman–Crippen MR) is 89.2 cm³/mol. The molecular weight excluding hydrogens is 311 g/mol. The summed E-state index contributed by atoms with van der Waals surface area (Å²) in [4.78, 5) is 14.3. The average Bonchev–Trinajstić information content (AvgIpc) is 2.93. The zero-order valence-electron chi connectivity index (χ0n) is 13.0. The molecule has 0 saturated carbocycles. The second-order valence-corrected chi connectivity index (χ2v) is 5.35. The molecule has 0 aliphatic carbocycles. The normalized spacial score (nSPS) is 17.3. The lowest BCUT2D eigenvalue weighted by molar-refractivity contribution is -0.132. The fourth-order valence-corrected chi connectivity index (χ4v) is 3.03. The third-order valence-electron chi connectivity index (χ3n) is 4.07. The summed E-state index contributed by atoms with van der Waals surface area (Å²) >= 11 is 0. The van der Waals surface area contributed by atoms with Crippen molar-refractivity contribution in [2.24, 2.45) is 12.8 Å². The number of halogens is 2. The molecule has 2 heterocycles. The van der Waals surface area contributed by atoms with E-state index in [0.29, 0.717) is 13.0 Å². The van der Waals surface area contributed by atoms with E-state index in [2.05, 4.69) is 12.0 Å². The second-order valence-electron chi connectivity index (χ2n) is 5.35. The molecule has 1 unspecified atom stereocenters. The molecule has 1 saturated heterocycles. The minimum absolute atomic E-state index is 0. The van der Waals surface area contributed by atoms with E-state index >= 15 is 0 Å². The van der Waals surface area contributed by atoms with Gasteiger partial charge in [0.25, 0.3) is 0 Å². The van der Waals surface area contributed by atoms with Crippen molar-refractivity contribution < 1.29 is 4.79 Å². The van der Waals surface area contributed by atoms with Crippen LogP contribution in [0.3, 0.4) is 0 Å². The van der Waals surface area contributed by atoms with Crippen molar-refractivity contribution >= 4 is 30.7 Å². The van der Waals surface area contributed by atoms with Crippen molar-refractivity contribution in [3.63, 3.8) is 0 Å². The first-order chi connectivity index (χ1) is 9.06. The van der Waals surface area contributed by atoms with Gasteiger partial charge in [-0.25, -0.2) is 0 Å². The summed E-state index contributed by atoms with van der Waals surface area (Å²) < 4.78 is 1.91. The molecule has 122 valence electrons. The van der Waals surface area contributed by atoms with Crippen LogP contribution in [0.1, 0.15) is 48.7 Å². The molecule has 1 aliphatic heterocycles. The highest BCUT2D eigenvalue weighted by atomic mass is 35.5. The molecule has 0 aromatic carbocycles. The first-order valence-electron chi connectivity index (χ1n) is 7.06. The van der Waals surface area contributed by atoms with Crippen molar-refractivity contribution in [1.29, 1.82) is 0 Å². The van der Waals surface area contributed by atoms with Crippen molar-refractivity contribution in [3.8, 4) is 0 Å². The van der Waals surface area contributed by atoms with E-state index < -0.39 is 0 Å². The molecule has 2 rings (SSSR count). The van der Waals surface area contributed by atoms with E-state index in [9.17, 15) is 4.79 Å². The van der Waals surface area contributed by atoms with Gasteiger partial charge in [-0.3, -0.25) is 9.48 Å². The smallest absolute Gasteiger partial charge is 0.223 e. The first kappa shape index (κ1) is 20.2. The third kappa shape index (κ3) is 4.11. The maximum Gasteiger partial charge on any atom is 0.223 e. The van der Waals surface area contributed by atoms with Crippen LogP contribution in [0.5, 0.6) is 0 Å². The van der Waals surface area contributed by atoms with Crippen LogP contribution in [0.4, 0.5) is 0 Å². The molecule has 0 radical (unpaired) electrons. The summed E-state index contributed by atoms with van der Waals surface area (Å²) in [5.41, 5.74) is 8.94. The van der Waals surface area contributed by atoms with Gasteiger partial charge in [-0.15, -0.1) is 24.8 Å². The maximum absolute atomic E-state index is 12.3. The number of hydrogen-bond donors (Lipinski definition) is 1. The van der Waals surface area contributed by atoms with Crippen LogP contribution in [-0.4, -0.2) is 33.7 Å². The maximum atomic E-state index is 12.3. The van der Waals surface area contributed by atoms with Crippen LogP contribution in [0.2, 0.25) is 0 Å². The number of aryl methyl sites for hydroxylation is 2. The Morgan fingerprint density at radius 3 is 2.57 bits per heavy atom. The van der Waals surface area contributed by atoms with Gasteiger partial charge in [0.2, 0.25) is 5.91 Å². The van der Waals surface area contributed by atoms with Gasteiger partial charge in [0.15, 0.2) is 0 Å². The Labute approximate surface area is 139 Å². The standard InChI is InChI=1S/C14H24N4O.2ClH/c1-10-14(11(2)17(3)16-10)12-6-5-9-18(12)13(19)7-4-8-15;;/h12H,4-9,15H2,1-3H3;2*1H. The average molecular weight is 337 g/mol. The van der Waals surface area contributed by atoms with Crippen LogP contribution in [-0.2, 0) is 11.8 Å². The predicted octanol–water partition coefficient (Wildman–Crippen LogP) is 2.28. The topological polar surface area (TPSA) is 64.2 Å². The third-order valence-corrected chi connectivity index (χ3v) is 4.07. The zero-order valence-corrected chi connectivity index (χ0v) is 14.6. The van der Waals surface area contributed by atoms with Crippen molar-refractivity contribution in [2.45, 2.75) is 45.6 Å². The van der Waals surface area contributed by atoms with Gasteiger partial charge in [-0.05, 0) is 39.7 Å². The quantitative estimate of drug-likeness (QED) is 0.917. The van der Waals surface area contributed by atoms with Crippen molar-refractivity contribution in [1.82, 2.24) is 14.7 Å². The molecule has 1 aromatic heterocycles. The number of aromatic nitrogens is 2. The van der Waals surface area contributed by atoms with Crippen LogP contribution in [0.25, 0.3) is 0 Å². The Balaban J connectivity index is 0.00000200. The minimum Gasteiger partial charge on any atom is -0.336 e. The monoisotopic (exact) mass is 336 g/mol. The fraction of sp³-hybridized carbons (Fsp3) is 0.714. The Kier molecular flexibility index (Phi) is 8.29. The molecular formula is C14H26Cl2N4O. The Hall–Kier alpha value is -0.780. The summed E-state index contributed by atoms with van der Waals surface area (Å²) in [6.45, 7) is 5.55. The van der Waals surface area contributed by atoms with E-state index in [4.69, 9.17) is 5.73 Å². The Morgan fingerprint density at radius 1 is 1.38 bits per heavy atom. The first-order valence-corrected chi connectivity index (χ1v) is 7.06. The van der Waals surface area contributed by atoms with Crippen LogP contribution < -0.4 is 5.73 Å². The highest BCUT2D eigenvalue weighted by Crippen LogP contribution is 2.35. The van der Waals surface area contributed by atoms with E-state index in [-0.39, 0.29) is 36.8 Å². The van der Waals surface area contributed by atoms with Crippen LogP contribution >= 0.6 is 24.8 Å². The number of nitrogens with two attached hydrogens (primary N) is 1. The molecule has 1 fully saturated rings. The fourth-order valence-electron chi connectivity index (χ4n) is 3.03. The van der Waals surface area contributed by atoms with Crippen LogP contribution in [0, 0.1) is 13.8 Å². The highest BCUT2D eigenvalue weighted by molar-refractivity contribution is 5.85. The van der Waals surface area contributed by atoms with Gasteiger partial charge in [0.1, 0.15) is 0 Å². The number of hydrogen-bond acceptors (Lipinski definition) is 3. The summed E-state index contributed by atoms with van der Waals surface area (Å²) in [5, 5.41) is 4.47. The Bertz CT molecular complexity index is 476. The number of likely N-dealkylation sites (tertiary alicyclic amines) is 1. The number of rotatable bonds is 4. The van der Waals surface area contributed by atoms with Gasteiger partial charge >= 0.3 is 0 Å². The molecule has 0 bridgehead atoms.